The van der Waals surface area contributed by atoms with Gasteiger partial charge in [-0.2, -0.15) is 5.26 Å². The maximum atomic E-state index is 12.4. The molecular weight excluding hydrogens is 514 g/mol. The average Bonchev–Trinajstić information content (AvgIpc) is 2.92. The molecule has 11 nitrogen and oxygen atoms in total. The number of nitriles is 1. The Kier molecular flexibility index (Phi) is 8.95. The summed E-state index contributed by atoms with van der Waals surface area (Å²) in [6, 6.07) is 5.23. The van der Waals surface area contributed by atoms with Crippen molar-refractivity contribution in [1.82, 2.24) is 14.8 Å². The third-order valence-corrected chi connectivity index (χ3v) is 7.00. The molecule has 0 aliphatic carbocycles. The van der Waals surface area contributed by atoms with E-state index in [9.17, 15) is 19.5 Å². The normalized spacial score (nSPS) is 17.6. The minimum absolute atomic E-state index is 0.0277. The molecule has 1 aromatic heterocycles. The summed E-state index contributed by atoms with van der Waals surface area (Å²) in [5.41, 5.74) is 6.49. The average molecular weight is 548 g/mol. The fourth-order valence-electron chi connectivity index (χ4n) is 4.97. The van der Waals surface area contributed by atoms with Gasteiger partial charge in [0.05, 0.1) is 29.8 Å². The van der Waals surface area contributed by atoms with Crippen LogP contribution in [0.3, 0.4) is 0 Å². The standard InChI is InChI=1S/C29H33N5O6/c1-18(2)39-25-15-23-22(14-24(25)27(31)36)20(6-5-19-8-12-33(13-9-19)29(37)38)16-32-28(23)40-21-4-3-11-34(17-21)26(35)7-10-30/h14-16,18-19,21H,3-4,7-9,11-13,17H2,1-2H3,(H2,31,36)(H,37,38)/t21-/m1/s1. The van der Waals surface area contributed by atoms with Gasteiger partial charge in [0.15, 0.2) is 0 Å². The molecule has 0 spiro atoms. The molecule has 2 aromatic rings. The Morgan fingerprint density at radius 2 is 1.90 bits per heavy atom. The molecule has 2 saturated heterocycles. The summed E-state index contributed by atoms with van der Waals surface area (Å²) in [5.74, 6) is 6.21. The number of carbonyl (C=O) groups is 3. The van der Waals surface area contributed by atoms with Crippen LogP contribution < -0.4 is 15.2 Å². The largest absolute Gasteiger partial charge is 0.490 e. The van der Waals surface area contributed by atoms with Crippen LogP contribution in [-0.2, 0) is 4.79 Å². The second-order valence-electron chi connectivity index (χ2n) is 10.3. The Balaban J connectivity index is 1.70. The molecule has 3 heterocycles. The summed E-state index contributed by atoms with van der Waals surface area (Å²) in [4.78, 5) is 43.4. The first-order valence-electron chi connectivity index (χ1n) is 13.4. The van der Waals surface area contributed by atoms with Gasteiger partial charge in [-0.25, -0.2) is 9.78 Å². The van der Waals surface area contributed by atoms with Crippen molar-refractivity contribution in [3.05, 3.63) is 29.5 Å². The van der Waals surface area contributed by atoms with E-state index in [0.29, 0.717) is 73.4 Å². The Morgan fingerprint density at radius 1 is 1.15 bits per heavy atom. The predicted molar refractivity (Wildman–Crippen MR) is 146 cm³/mol. The number of ether oxygens (including phenoxy) is 2. The molecule has 3 amide bonds. The van der Waals surface area contributed by atoms with Gasteiger partial charge in [-0.1, -0.05) is 11.8 Å². The minimum atomic E-state index is -0.925. The molecule has 3 N–H and O–H groups in total. The van der Waals surface area contributed by atoms with Crippen LogP contribution in [0, 0.1) is 29.1 Å². The number of carboxylic acid groups (broad SMARTS) is 1. The number of piperidine rings is 2. The lowest BCUT2D eigenvalue weighted by Crippen LogP contribution is -2.44. The van der Waals surface area contributed by atoms with E-state index in [4.69, 9.17) is 20.5 Å². The highest BCUT2D eigenvalue weighted by molar-refractivity contribution is 6.03. The lowest BCUT2D eigenvalue weighted by molar-refractivity contribution is -0.132. The van der Waals surface area contributed by atoms with E-state index in [2.05, 4.69) is 16.8 Å². The van der Waals surface area contributed by atoms with E-state index in [1.807, 2.05) is 19.9 Å². The number of hydrogen-bond acceptors (Lipinski definition) is 7. The summed E-state index contributed by atoms with van der Waals surface area (Å²) >= 11 is 0. The van der Waals surface area contributed by atoms with Gasteiger partial charge in [-0.05, 0) is 51.7 Å². The number of aromatic nitrogens is 1. The van der Waals surface area contributed by atoms with Gasteiger partial charge in [-0.15, -0.1) is 0 Å². The molecule has 4 rings (SSSR count). The van der Waals surface area contributed by atoms with Crippen molar-refractivity contribution >= 4 is 28.7 Å². The maximum absolute atomic E-state index is 12.4. The van der Waals surface area contributed by atoms with E-state index in [1.165, 1.54) is 4.90 Å². The predicted octanol–water partition coefficient (Wildman–Crippen LogP) is 3.15. The van der Waals surface area contributed by atoms with Crippen LogP contribution in [0.4, 0.5) is 4.79 Å². The minimum Gasteiger partial charge on any atom is -0.490 e. The summed E-state index contributed by atoms with van der Waals surface area (Å²) in [6.45, 7) is 5.46. The van der Waals surface area contributed by atoms with Gasteiger partial charge in [0.25, 0.3) is 5.91 Å². The fraction of sp³-hybridized carbons (Fsp3) is 0.483. The van der Waals surface area contributed by atoms with Crippen LogP contribution in [0.15, 0.2) is 18.3 Å². The topological polar surface area (TPSA) is 159 Å². The molecule has 0 saturated carbocycles. The monoisotopic (exact) mass is 547 g/mol. The number of fused-ring (bicyclic) bond motifs is 1. The lowest BCUT2D eigenvalue weighted by atomic mass is 9.96. The summed E-state index contributed by atoms with van der Waals surface area (Å²) in [5, 5.41) is 19.3. The quantitative estimate of drug-likeness (QED) is 0.522. The molecule has 210 valence electrons. The smallest absolute Gasteiger partial charge is 0.407 e. The van der Waals surface area contributed by atoms with Gasteiger partial charge in [-0.3, -0.25) is 9.59 Å². The molecule has 40 heavy (non-hydrogen) atoms. The van der Waals surface area contributed by atoms with E-state index >= 15 is 0 Å². The zero-order valence-corrected chi connectivity index (χ0v) is 22.7. The molecule has 0 bridgehead atoms. The van der Waals surface area contributed by atoms with E-state index in [-0.39, 0.29) is 36.0 Å². The number of primary amides is 1. The number of carbonyl (C=O) groups excluding carboxylic acids is 2. The second kappa shape index (κ2) is 12.6. The zero-order chi connectivity index (χ0) is 28.8. The van der Waals surface area contributed by atoms with Crippen LogP contribution in [0.1, 0.15) is 61.9 Å². The fourth-order valence-corrected chi connectivity index (χ4v) is 4.97. The highest BCUT2D eigenvalue weighted by Crippen LogP contribution is 2.34. The van der Waals surface area contributed by atoms with Crippen LogP contribution in [-0.4, -0.2) is 76.2 Å². The van der Waals surface area contributed by atoms with Crippen molar-refractivity contribution in [2.24, 2.45) is 11.7 Å². The van der Waals surface area contributed by atoms with Crippen molar-refractivity contribution in [1.29, 1.82) is 5.26 Å². The Labute approximate surface area is 232 Å². The SMILES string of the molecule is CC(C)Oc1cc2c(O[C@@H]3CCCN(C(=O)CC#N)C3)ncc(C#CC3CCN(C(=O)O)CC3)c2cc1C(N)=O. The Morgan fingerprint density at radius 3 is 2.55 bits per heavy atom. The van der Waals surface area contributed by atoms with Crippen molar-refractivity contribution in [2.75, 3.05) is 26.2 Å². The second-order valence-corrected chi connectivity index (χ2v) is 10.3. The number of likely N-dealkylation sites (tertiary alicyclic amines) is 2. The van der Waals surface area contributed by atoms with Gasteiger partial charge >= 0.3 is 6.09 Å². The van der Waals surface area contributed by atoms with Crippen LogP contribution in [0.25, 0.3) is 10.8 Å². The number of benzene rings is 1. The summed E-state index contributed by atoms with van der Waals surface area (Å²) < 4.78 is 12.2. The number of hydrogen-bond donors (Lipinski definition) is 2. The first-order chi connectivity index (χ1) is 19.2. The highest BCUT2D eigenvalue weighted by Gasteiger charge is 2.27. The summed E-state index contributed by atoms with van der Waals surface area (Å²) in [6.07, 6.45) is 2.66. The van der Waals surface area contributed by atoms with Gasteiger partial charge < -0.3 is 30.1 Å². The lowest BCUT2D eigenvalue weighted by Gasteiger charge is -2.32. The number of amides is 3. The van der Waals surface area contributed by atoms with Crippen LogP contribution in [0.5, 0.6) is 11.6 Å². The molecule has 2 aliphatic heterocycles. The molecular formula is C29H33N5O6. The van der Waals surface area contributed by atoms with E-state index < -0.39 is 12.0 Å². The molecule has 2 fully saturated rings. The van der Waals surface area contributed by atoms with Gasteiger partial charge in [0.2, 0.25) is 11.8 Å². The van der Waals surface area contributed by atoms with Gasteiger partial charge in [0, 0.05) is 42.5 Å². The van der Waals surface area contributed by atoms with Crippen molar-refractivity contribution in [2.45, 2.75) is 58.2 Å². The first kappa shape index (κ1) is 28.5. The van der Waals surface area contributed by atoms with E-state index in [0.717, 1.165) is 6.42 Å². The molecule has 1 aromatic carbocycles. The van der Waals surface area contributed by atoms with Crippen molar-refractivity contribution in [3.63, 3.8) is 0 Å². The van der Waals surface area contributed by atoms with Crippen molar-refractivity contribution in [3.8, 4) is 29.5 Å². The molecule has 1 atom stereocenters. The van der Waals surface area contributed by atoms with Crippen LogP contribution in [0.2, 0.25) is 0 Å². The number of pyridine rings is 1. The van der Waals surface area contributed by atoms with Crippen LogP contribution >= 0.6 is 0 Å². The Hall–Kier alpha value is -4.51. The number of nitrogens with two attached hydrogens (primary N) is 1. The van der Waals surface area contributed by atoms with Crippen molar-refractivity contribution < 1.29 is 29.0 Å². The third kappa shape index (κ3) is 6.73. The Bertz CT molecular complexity index is 1400. The number of rotatable bonds is 6. The molecule has 11 heteroatoms. The number of nitrogens with zero attached hydrogens (tertiary/aromatic N) is 4. The van der Waals surface area contributed by atoms with Gasteiger partial charge in [0.1, 0.15) is 18.3 Å². The maximum Gasteiger partial charge on any atom is 0.407 e. The third-order valence-electron chi connectivity index (χ3n) is 7.00. The first-order valence-corrected chi connectivity index (χ1v) is 13.4. The molecule has 0 unspecified atom stereocenters. The molecule has 0 radical (unpaired) electrons. The zero-order valence-electron chi connectivity index (χ0n) is 22.7. The van der Waals surface area contributed by atoms with E-state index in [1.54, 1.807) is 23.2 Å². The summed E-state index contributed by atoms with van der Waals surface area (Å²) in [7, 11) is 0. The highest BCUT2D eigenvalue weighted by atomic mass is 16.5. The molecule has 2 aliphatic rings.